The van der Waals surface area contributed by atoms with E-state index in [4.69, 9.17) is 20.4 Å². The van der Waals surface area contributed by atoms with Crippen molar-refractivity contribution in [3.8, 4) is 11.3 Å². The van der Waals surface area contributed by atoms with Crippen LogP contribution in [0.5, 0.6) is 0 Å². The van der Waals surface area contributed by atoms with E-state index in [0.29, 0.717) is 49.9 Å². The molecule has 5 rings (SSSR count). The summed E-state index contributed by atoms with van der Waals surface area (Å²) in [5, 5.41) is 5.43. The van der Waals surface area contributed by atoms with E-state index in [9.17, 15) is 9.59 Å². The maximum atomic E-state index is 13.7. The highest BCUT2D eigenvalue weighted by molar-refractivity contribution is 6.30. The molecule has 9 heteroatoms. The second-order valence-electron chi connectivity index (χ2n) is 8.55. The van der Waals surface area contributed by atoms with Crippen molar-refractivity contribution in [2.45, 2.75) is 26.3 Å². The number of carbonyl (C=O) groups is 1. The number of furan rings is 1. The van der Waals surface area contributed by atoms with E-state index < -0.39 is 11.1 Å². The van der Waals surface area contributed by atoms with Crippen LogP contribution in [0.4, 0.5) is 5.69 Å². The first kappa shape index (κ1) is 21.9. The van der Waals surface area contributed by atoms with Crippen LogP contribution >= 0.6 is 11.6 Å². The van der Waals surface area contributed by atoms with E-state index >= 15 is 0 Å². The number of benzene rings is 2. The SMILES string of the molecule is Cc1nc2ccc(N(C)C(=O)C(C)(C)n3nc(-c4cccc(Cl)c4)c4occc4c3=O)cc2o1. The zero-order valence-corrected chi connectivity index (χ0v) is 19.8. The number of halogens is 1. The van der Waals surface area contributed by atoms with Crippen molar-refractivity contribution < 1.29 is 13.6 Å². The fourth-order valence-electron chi connectivity index (χ4n) is 4.02. The number of rotatable bonds is 4. The minimum absolute atomic E-state index is 0.326. The van der Waals surface area contributed by atoms with Crippen molar-refractivity contribution in [2.75, 3.05) is 11.9 Å². The summed E-state index contributed by atoms with van der Waals surface area (Å²) in [4.78, 5) is 32.8. The Morgan fingerprint density at radius 1 is 1.15 bits per heavy atom. The van der Waals surface area contributed by atoms with Crippen LogP contribution in [0.1, 0.15) is 19.7 Å². The van der Waals surface area contributed by atoms with Crippen molar-refractivity contribution in [3.63, 3.8) is 0 Å². The van der Waals surface area contributed by atoms with Gasteiger partial charge in [-0.3, -0.25) is 9.59 Å². The van der Waals surface area contributed by atoms with Gasteiger partial charge in [-0.25, -0.2) is 9.67 Å². The zero-order chi connectivity index (χ0) is 24.2. The van der Waals surface area contributed by atoms with Crippen LogP contribution in [-0.2, 0) is 10.3 Å². The summed E-state index contributed by atoms with van der Waals surface area (Å²) in [6.07, 6.45) is 1.43. The monoisotopic (exact) mass is 476 g/mol. The van der Waals surface area contributed by atoms with Crippen LogP contribution in [0.3, 0.4) is 0 Å². The Bertz CT molecular complexity index is 1630. The van der Waals surface area contributed by atoms with Gasteiger partial charge < -0.3 is 13.7 Å². The maximum Gasteiger partial charge on any atom is 0.278 e. The van der Waals surface area contributed by atoms with Gasteiger partial charge in [-0.1, -0.05) is 23.7 Å². The van der Waals surface area contributed by atoms with Crippen LogP contribution in [-0.4, -0.2) is 27.7 Å². The average molecular weight is 477 g/mol. The number of oxazole rings is 1. The Morgan fingerprint density at radius 3 is 2.71 bits per heavy atom. The maximum absolute atomic E-state index is 13.7. The lowest BCUT2D eigenvalue weighted by molar-refractivity contribution is -0.125. The highest BCUT2D eigenvalue weighted by Gasteiger charge is 2.36. The first-order valence-electron chi connectivity index (χ1n) is 10.6. The number of anilines is 1. The summed E-state index contributed by atoms with van der Waals surface area (Å²) in [5.74, 6) is 0.205. The summed E-state index contributed by atoms with van der Waals surface area (Å²) in [5.41, 5.74) is 1.56. The number of hydrogen-bond acceptors (Lipinski definition) is 6. The van der Waals surface area contributed by atoms with Crippen LogP contribution in [0.25, 0.3) is 33.3 Å². The predicted octanol–water partition coefficient (Wildman–Crippen LogP) is 5.16. The first-order valence-corrected chi connectivity index (χ1v) is 11.0. The van der Waals surface area contributed by atoms with Crippen molar-refractivity contribution in [2.24, 2.45) is 0 Å². The minimum Gasteiger partial charge on any atom is -0.462 e. The molecule has 0 saturated carbocycles. The van der Waals surface area contributed by atoms with Gasteiger partial charge in [-0.15, -0.1) is 0 Å². The molecular formula is C25H21ClN4O4. The highest BCUT2D eigenvalue weighted by Crippen LogP contribution is 2.30. The standard InChI is InChI=1S/C25H21ClN4O4/c1-14-27-19-9-8-17(13-20(19)34-14)29(4)24(32)25(2,3)30-23(31)18-10-11-33-22(18)21(28-30)15-6-5-7-16(26)12-15/h5-13H,1-4H3. The Balaban J connectivity index is 1.62. The highest BCUT2D eigenvalue weighted by atomic mass is 35.5. The Hall–Kier alpha value is -3.91. The van der Waals surface area contributed by atoms with E-state index in [2.05, 4.69) is 10.1 Å². The predicted molar refractivity (Wildman–Crippen MR) is 130 cm³/mol. The van der Waals surface area contributed by atoms with Crippen LogP contribution in [0, 0.1) is 6.92 Å². The van der Waals surface area contributed by atoms with Gasteiger partial charge in [0, 0.05) is 36.3 Å². The molecule has 0 radical (unpaired) electrons. The lowest BCUT2D eigenvalue weighted by Gasteiger charge is -2.30. The first-order chi connectivity index (χ1) is 16.2. The molecule has 34 heavy (non-hydrogen) atoms. The molecule has 0 bridgehead atoms. The Labute approximate surface area is 199 Å². The van der Waals surface area contributed by atoms with Gasteiger partial charge in [0.25, 0.3) is 11.5 Å². The third-order valence-corrected chi connectivity index (χ3v) is 6.06. The van der Waals surface area contributed by atoms with Crippen LogP contribution in [0.2, 0.25) is 5.02 Å². The molecule has 2 aromatic carbocycles. The quantitative estimate of drug-likeness (QED) is 0.355. The lowest BCUT2D eigenvalue weighted by atomic mass is 10.0. The molecule has 0 saturated heterocycles. The lowest BCUT2D eigenvalue weighted by Crippen LogP contribution is -2.50. The number of fused-ring (bicyclic) bond motifs is 2. The smallest absolute Gasteiger partial charge is 0.278 e. The van der Waals surface area contributed by atoms with E-state index in [1.807, 2.05) is 6.07 Å². The molecule has 8 nitrogen and oxygen atoms in total. The number of carbonyl (C=O) groups excluding carboxylic acids is 1. The molecule has 0 unspecified atom stereocenters. The van der Waals surface area contributed by atoms with Crippen LogP contribution < -0.4 is 10.5 Å². The average Bonchev–Trinajstić information content (AvgIpc) is 3.44. The number of aryl methyl sites for hydroxylation is 1. The van der Waals surface area contributed by atoms with Gasteiger partial charge in [0.05, 0.1) is 11.6 Å². The number of amides is 1. The summed E-state index contributed by atoms with van der Waals surface area (Å²) >= 11 is 6.18. The van der Waals surface area contributed by atoms with Crippen molar-refractivity contribution in [3.05, 3.63) is 76.1 Å². The molecule has 0 aliphatic rings. The molecule has 0 atom stereocenters. The largest absolute Gasteiger partial charge is 0.462 e. The van der Waals surface area contributed by atoms with Gasteiger partial charge in [-0.05, 0) is 44.2 Å². The van der Waals surface area contributed by atoms with E-state index in [-0.39, 0.29) is 5.91 Å². The fourth-order valence-corrected chi connectivity index (χ4v) is 4.22. The zero-order valence-electron chi connectivity index (χ0n) is 19.0. The topological polar surface area (TPSA) is 94.4 Å². The summed E-state index contributed by atoms with van der Waals surface area (Å²) in [6.45, 7) is 5.08. The van der Waals surface area contributed by atoms with Gasteiger partial charge in [-0.2, -0.15) is 5.10 Å². The van der Waals surface area contributed by atoms with Crippen LogP contribution in [0.15, 0.2) is 68.4 Å². The van der Waals surface area contributed by atoms with Gasteiger partial charge in [0.1, 0.15) is 16.7 Å². The minimum atomic E-state index is -1.32. The molecular weight excluding hydrogens is 456 g/mol. The van der Waals surface area contributed by atoms with Gasteiger partial charge in [0.2, 0.25) is 0 Å². The second-order valence-corrected chi connectivity index (χ2v) is 8.98. The Morgan fingerprint density at radius 2 is 1.94 bits per heavy atom. The summed E-state index contributed by atoms with van der Waals surface area (Å²) in [7, 11) is 1.65. The molecule has 3 heterocycles. The van der Waals surface area contributed by atoms with Gasteiger partial charge >= 0.3 is 0 Å². The normalized spacial score (nSPS) is 11.9. The molecule has 0 fully saturated rings. The number of hydrogen-bond donors (Lipinski definition) is 0. The number of nitrogens with zero attached hydrogens (tertiary/aromatic N) is 4. The Kier molecular flexibility index (Phi) is 5.06. The fraction of sp³-hybridized carbons (Fsp3) is 0.200. The van der Waals surface area contributed by atoms with Gasteiger partial charge in [0.15, 0.2) is 17.1 Å². The van der Waals surface area contributed by atoms with E-state index in [1.54, 1.807) is 70.3 Å². The second kappa shape index (κ2) is 7.85. The molecule has 3 aromatic heterocycles. The molecule has 5 aromatic rings. The van der Waals surface area contributed by atoms with Crippen molar-refractivity contribution in [1.82, 2.24) is 14.8 Å². The molecule has 0 aliphatic carbocycles. The van der Waals surface area contributed by atoms with E-state index in [0.717, 1.165) is 0 Å². The summed E-state index contributed by atoms with van der Waals surface area (Å²) in [6, 6.07) is 14.0. The van der Waals surface area contributed by atoms with E-state index in [1.165, 1.54) is 15.8 Å². The summed E-state index contributed by atoms with van der Waals surface area (Å²) < 4.78 is 12.4. The molecule has 1 amide bonds. The van der Waals surface area contributed by atoms with Crippen molar-refractivity contribution >= 4 is 45.3 Å². The molecule has 0 spiro atoms. The number of aromatic nitrogens is 3. The molecule has 0 N–H and O–H groups in total. The third-order valence-electron chi connectivity index (χ3n) is 5.82. The number of likely N-dealkylation sites (N-methyl/N-ethyl adjacent to an activating group) is 1. The van der Waals surface area contributed by atoms with Crippen molar-refractivity contribution in [1.29, 1.82) is 0 Å². The molecule has 172 valence electrons. The third kappa shape index (κ3) is 3.47. The molecule has 0 aliphatic heterocycles.